The van der Waals surface area contributed by atoms with Gasteiger partial charge in [0.1, 0.15) is 6.04 Å². The van der Waals surface area contributed by atoms with E-state index >= 15 is 0 Å². The van der Waals surface area contributed by atoms with Gasteiger partial charge in [-0.15, -0.1) is 0 Å². The van der Waals surface area contributed by atoms with Crippen LogP contribution >= 0.6 is 0 Å². The van der Waals surface area contributed by atoms with Gasteiger partial charge in [-0.3, -0.25) is 14.5 Å². The molecule has 1 aromatic rings. The number of rotatable bonds is 5. The zero-order valence-corrected chi connectivity index (χ0v) is 21.1. The molecule has 36 heavy (non-hydrogen) atoms. The second-order valence-electron chi connectivity index (χ2n) is 10.5. The maximum absolute atomic E-state index is 13.8. The van der Waals surface area contributed by atoms with E-state index in [1.54, 1.807) is 4.90 Å². The number of halogens is 3. The topological polar surface area (TPSA) is 73.0 Å². The van der Waals surface area contributed by atoms with E-state index in [1.165, 1.54) is 35.0 Å². The number of nitrogens with one attached hydrogen (secondary N) is 1. The lowest BCUT2D eigenvalue weighted by atomic mass is 9.91. The number of hydrogen-bond donors (Lipinski definition) is 1. The normalized spacial score (nSPS) is 22.3. The van der Waals surface area contributed by atoms with Gasteiger partial charge in [-0.1, -0.05) is 39.0 Å². The highest BCUT2D eigenvalue weighted by Gasteiger charge is 2.48. The molecular weight excluding hydrogens is 473 g/mol. The van der Waals surface area contributed by atoms with Gasteiger partial charge in [-0.05, 0) is 42.7 Å². The first-order chi connectivity index (χ1) is 16.9. The standard InChI is InChI=1S/C26H33F3N4O3/c1-15(2)13-19(23(34)32-11-9-16(3)10-12-32)33-14-20-21(24(33)35)22(30-25(36)31(20)4)17-7-5-6-8-18(17)26(27,28)29/h5-8,15-16,19,22H,9-14H2,1-4H3,(H,30,36). The van der Waals surface area contributed by atoms with Gasteiger partial charge < -0.3 is 15.1 Å². The van der Waals surface area contributed by atoms with Crippen molar-refractivity contribution in [1.29, 1.82) is 0 Å². The third kappa shape index (κ3) is 4.82. The third-order valence-electron chi connectivity index (χ3n) is 7.42. The Morgan fingerprint density at radius 1 is 1.14 bits per heavy atom. The number of hydrogen-bond acceptors (Lipinski definition) is 3. The quantitative estimate of drug-likeness (QED) is 0.652. The summed E-state index contributed by atoms with van der Waals surface area (Å²) >= 11 is 0. The first kappa shape index (κ1) is 26.0. The molecule has 196 valence electrons. The summed E-state index contributed by atoms with van der Waals surface area (Å²) in [5.74, 6) is -0.0197. The van der Waals surface area contributed by atoms with Gasteiger partial charge in [0.05, 0.1) is 29.4 Å². The maximum atomic E-state index is 13.8. The van der Waals surface area contributed by atoms with Gasteiger partial charge in [-0.25, -0.2) is 4.79 Å². The van der Waals surface area contributed by atoms with Gasteiger partial charge >= 0.3 is 12.2 Å². The van der Waals surface area contributed by atoms with E-state index in [2.05, 4.69) is 12.2 Å². The average Bonchev–Trinajstić information content (AvgIpc) is 3.16. The van der Waals surface area contributed by atoms with Crippen LogP contribution in [0, 0.1) is 11.8 Å². The monoisotopic (exact) mass is 506 g/mol. The fourth-order valence-corrected chi connectivity index (χ4v) is 5.33. The van der Waals surface area contributed by atoms with Crippen molar-refractivity contribution >= 4 is 17.8 Å². The van der Waals surface area contributed by atoms with Crippen molar-refractivity contribution in [2.45, 2.75) is 58.3 Å². The molecule has 1 saturated heterocycles. The van der Waals surface area contributed by atoms with Crippen molar-refractivity contribution in [1.82, 2.24) is 20.0 Å². The Labute approximate surface area is 209 Å². The molecule has 3 aliphatic rings. The number of piperidine rings is 1. The number of alkyl halides is 3. The van der Waals surface area contributed by atoms with Gasteiger partial charge in [0.15, 0.2) is 0 Å². The van der Waals surface area contributed by atoms with Crippen molar-refractivity contribution in [3.8, 4) is 0 Å². The van der Waals surface area contributed by atoms with Crippen LogP contribution < -0.4 is 5.32 Å². The Morgan fingerprint density at radius 2 is 1.78 bits per heavy atom. The highest BCUT2D eigenvalue weighted by Crippen LogP contribution is 2.42. The zero-order valence-electron chi connectivity index (χ0n) is 21.1. The molecule has 1 fully saturated rings. The van der Waals surface area contributed by atoms with Gasteiger partial charge in [0, 0.05) is 20.1 Å². The number of likely N-dealkylation sites (tertiary alicyclic amines) is 1. The van der Waals surface area contributed by atoms with Crippen LogP contribution in [0.4, 0.5) is 18.0 Å². The molecule has 3 heterocycles. The molecule has 0 aromatic heterocycles. The van der Waals surface area contributed by atoms with E-state index < -0.39 is 35.8 Å². The largest absolute Gasteiger partial charge is 0.416 e. The average molecular weight is 507 g/mol. The second-order valence-corrected chi connectivity index (χ2v) is 10.5. The number of carbonyl (C=O) groups is 3. The van der Waals surface area contributed by atoms with Crippen molar-refractivity contribution in [2.75, 3.05) is 26.7 Å². The van der Waals surface area contributed by atoms with Crippen LogP contribution in [0.15, 0.2) is 35.5 Å². The zero-order chi connectivity index (χ0) is 26.4. The minimum atomic E-state index is -4.66. The molecule has 10 heteroatoms. The van der Waals surface area contributed by atoms with Crippen molar-refractivity contribution in [2.24, 2.45) is 11.8 Å². The van der Waals surface area contributed by atoms with E-state index in [0.717, 1.165) is 18.9 Å². The molecule has 2 atom stereocenters. The van der Waals surface area contributed by atoms with Gasteiger partial charge in [0.2, 0.25) is 5.91 Å². The van der Waals surface area contributed by atoms with E-state index in [4.69, 9.17) is 0 Å². The molecule has 0 aliphatic carbocycles. The van der Waals surface area contributed by atoms with Crippen molar-refractivity contribution < 1.29 is 27.6 Å². The fraction of sp³-hybridized carbons (Fsp3) is 0.577. The summed E-state index contributed by atoms with van der Waals surface area (Å²) in [4.78, 5) is 44.7. The fourth-order valence-electron chi connectivity index (χ4n) is 5.33. The molecular formula is C26H33F3N4O3. The predicted octanol–water partition coefficient (Wildman–Crippen LogP) is 4.17. The van der Waals surface area contributed by atoms with Crippen LogP contribution in [0.5, 0.6) is 0 Å². The second kappa shape index (κ2) is 9.78. The highest BCUT2D eigenvalue weighted by molar-refractivity contribution is 6.03. The Kier molecular flexibility index (Phi) is 7.07. The summed E-state index contributed by atoms with van der Waals surface area (Å²) in [6, 6.07) is 2.35. The summed E-state index contributed by atoms with van der Waals surface area (Å²) in [5, 5.41) is 2.58. The molecule has 4 amide bonds. The SMILES string of the molecule is CC(C)CC(C(=O)N1CCC(C)CC1)N1CC2=C(C1=O)C(c1ccccc1C(F)(F)F)NC(=O)N2C. The Morgan fingerprint density at radius 3 is 2.39 bits per heavy atom. The minimum absolute atomic E-state index is 0.00383. The lowest BCUT2D eigenvalue weighted by Gasteiger charge is -2.37. The smallest absolute Gasteiger partial charge is 0.341 e. The summed E-state index contributed by atoms with van der Waals surface area (Å²) in [6.45, 7) is 7.30. The summed E-state index contributed by atoms with van der Waals surface area (Å²) in [6.07, 6.45) is -2.46. The number of likely N-dealkylation sites (N-methyl/N-ethyl adjacent to an activating group) is 1. The molecule has 3 aliphatic heterocycles. The Hall–Kier alpha value is -3.04. The van der Waals surface area contributed by atoms with Crippen LogP contribution in [-0.4, -0.2) is 65.3 Å². The molecule has 7 nitrogen and oxygen atoms in total. The lowest BCUT2D eigenvalue weighted by molar-refractivity contribution is -0.144. The summed E-state index contributed by atoms with van der Waals surface area (Å²) < 4.78 is 41.5. The van der Waals surface area contributed by atoms with Crippen molar-refractivity contribution in [3.63, 3.8) is 0 Å². The Balaban J connectivity index is 1.71. The van der Waals surface area contributed by atoms with Crippen molar-refractivity contribution in [3.05, 3.63) is 46.7 Å². The summed E-state index contributed by atoms with van der Waals surface area (Å²) in [5.41, 5.74) is -0.678. The molecule has 0 spiro atoms. The number of nitrogens with zero attached hydrogens (tertiary/aromatic N) is 3. The van der Waals surface area contributed by atoms with Crippen LogP contribution in [0.2, 0.25) is 0 Å². The number of urea groups is 1. The molecule has 1 N–H and O–H groups in total. The maximum Gasteiger partial charge on any atom is 0.416 e. The van der Waals surface area contributed by atoms with Crippen LogP contribution in [0.1, 0.15) is 57.2 Å². The molecule has 2 unspecified atom stereocenters. The third-order valence-corrected chi connectivity index (χ3v) is 7.42. The van der Waals surface area contributed by atoms with E-state index in [-0.39, 0.29) is 29.5 Å². The van der Waals surface area contributed by atoms with Gasteiger partial charge in [-0.2, -0.15) is 13.2 Å². The lowest BCUT2D eigenvalue weighted by Crippen LogP contribution is -2.52. The van der Waals surface area contributed by atoms with E-state index in [9.17, 15) is 27.6 Å². The minimum Gasteiger partial charge on any atom is -0.341 e. The summed E-state index contributed by atoms with van der Waals surface area (Å²) in [7, 11) is 1.48. The van der Waals surface area contributed by atoms with Crippen LogP contribution in [0.3, 0.4) is 0 Å². The predicted molar refractivity (Wildman–Crippen MR) is 127 cm³/mol. The first-order valence-corrected chi connectivity index (χ1v) is 12.4. The van der Waals surface area contributed by atoms with E-state index in [0.29, 0.717) is 31.1 Å². The molecule has 0 radical (unpaired) electrons. The number of carbonyl (C=O) groups excluding carboxylic acids is 3. The molecule has 4 rings (SSSR count). The van der Waals surface area contributed by atoms with Crippen LogP contribution in [0.25, 0.3) is 0 Å². The molecule has 1 aromatic carbocycles. The van der Waals surface area contributed by atoms with Crippen LogP contribution in [-0.2, 0) is 15.8 Å². The molecule has 0 saturated carbocycles. The number of benzene rings is 1. The Bertz CT molecular complexity index is 1080. The first-order valence-electron chi connectivity index (χ1n) is 12.4. The highest BCUT2D eigenvalue weighted by atomic mass is 19.4. The van der Waals surface area contributed by atoms with E-state index in [1.807, 2.05) is 13.8 Å². The molecule has 0 bridgehead atoms. The number of amides is 4. The van der Waals surface area contributed by atoms with Gasteiger partial charge in [0.25, 0.3) is 5.91 Å².